The highest BCUT2D eigenvalue weighted by Gasteiger charge is 2.35. The number of aryl methyl sites for hydroxylation is 1. The standard InChI is InChI=1S/C39H49N5O7/c1-25(2)35-39(49)41-26(3)24-51-33-19-10-9-18-30(33)36(46)42-31(37(47)40-20-12-16-27-15-11-17-29(21-27)50-5)23-34(45)44(4)32(38(48)43-35)22-28-13-7-6-8-14-28/h6-11,13-15,17-19,21,25-26,31-32,35H,12,16,20,22-24H2,1-5H3,(H,40,47)(H,41,49)(H,42,46)(H,43,48)/t26-,31-,32-,35+/m0/s1. The third-order valence-electron chi connectivity index (χ3n) is 8.77. The van der Waals surface area contributed by atoms with Gasteiger partial charge < -0.3 is 35.6 Å². The molecule has 1 aliphatic heterocycles. The van der Waals surface area contributed by atoms with Gasteiger partial charge in [-0.05, 0) is 61.1 Å². The lowest BCUT2D eigenvalue weighted by Crippen LogP contribution is -2.58. The zero-order valence-electron chi connectivity index (χ0n) is 29.9. The summed E-state index contributed by atoms with van der Waals surface area (Å²) in [5, 5.41) is 11.4. The lowest BCUT2D eigenvalue weighted by atomic mass is 9.99. The third kappa shape index (κ3) is 11.1. The van der Waals surface area contributed by atoms with Gasteiger partial charge in [-0.1, -0.05) is 68.4 Å². The first kappa shape index (κ1) is 38.4. The minimum absolute atomic E-state index is 0.0316. The molecule has 0 bridgehead atoms. The van der Waals surface area contributed by atoms with Crippen molar-refractivity contribution in [3.05, 3.63) is 95.6 Å². The molecule has 0 aromatic heterocycles. The van der Waals surface area contributed by atoms with Gasteiger partial charge in [0.15, 0.2) is 0 Å². The Morgan fingerprint density at radius 1 is 0.922 bits per heavy atom. The first-order valence-corrected chi connectivity index (χ1v) is 17.3. The second-order valence-corrected chi connectivity index (χ2v) is 13.1. The van der Waals surface area contributed by atoms with Crippen molar-refractivity contribution in [2.24, 2.45) is 5.92 Å². The minimum Gasteiger partial charge on any atom is -0.497 e. The number of methoxy groups -OCH3 is 1. The van der Waals surface area contributed by atoms with Crippen molar-refractivity contribution < 1.29 is 33.4 Å². The van der Waals surface area contributed by atoms with Crippen molar-refractivity contribution in [2.45, 2.75) is 70.6 Å². The molecule has 12 nitrogen and oxygen atoms in total. The number of benzene rings is 3. The smallest absolute Gasteiger partial charge is 0.255 e. The van der Waals surface area contributed by atoms with E-state index in [0.29, 0.717) is 19.4 Å². The Kier molecular flexibility index (Phi) is 14.0. The average Bonchev–Trinajstić information content (AvgIpc) is 3.12. The molecule has 0 unspecified atom stereocenters. The summed E-state index contributed by atoms with van der Waals surface area (Å²) < 4.78 is 11.3. The van der Waals surface area contributed by atoms with E-state index in [-0.39, 0.29) is 30.3 Å². The molecule has 0 fully saturated rings. The summed E-state index contributed by atoms with van der Waals surface area (Å²) in [7, 11) is 3.09. The molecular weight excluding hydrogens is 650 g/mol. The van der Waals surface area contributed by atoms with Crippen LogP contribution >= 0.6 is 0 Å². The second-order valence-electron chi connectivity index (χ2n) is 13.1. The highest BCUT2D eigenvalue weighted by atomic mass is 16.5. The van der Waals surface area contributed by atoms with Crippen LogP contribution in [0.3, 0.4) is 0 Å². The largest absolute Gasteiger partial charge is 0.497 e. The maximum Gasteiger partial charge on any atom is 0.255 e. The number of hydrogen-bond acceptors (Lipinski definition) is 7. The Balaban J connectivity index is 1.63. The van der Waals surface area contributed by atoms with Crippen molar-refractivity contribution in [3.63, 3.8) is 0 Å². The molecule has 12 heteroatoms. The van der Waals surface area contributed by atoms with Crippen molar-refractivity contribution in [1.29, 1.82) is 0 Å². The van der Waals surface area contributed by atoms with E-state index in [4.69, 9.17) is 9.47 Å². The number of likely N-dealkylation sites (N-methyl/N-ethyl adjacent to an activating group) is 1. The lowest BCUT2D eigenvalue weighted by Gasteiger charge is -2.31. The molecule has 4 N–H and O–H groups in total. The molecule has 4 atom stereocenters. The van der Waals surface area contributed by atoms with Gasteiger partial charge >= 0.3 is 0 Å². The number of nitrogens with zero attached hydrogens (tertiary/aromatic N) is 1. The van der Waals surface area contributed by atoms with Gasteiger partial charge in [0.2, 0.25) is 23.6 Å². The van der Waals surface area contributed by atoms with Crippen molar-refractivity contribution in [3.8, 4) is 11.5 Å². The van der Waals surface area contributed by atoms with E-state index in [2.05, 4.69) is 21.3 Å². The van der Waals surface area contributed by atoms with Crippen LogP contribution in [0.1, 0.15) is 55.1 Å². The number of carbonyl (C=O) groups excluding carboxylic acids is 5. The lowest BCUT2D eigenvalue weighted by molar-refractivity contribution is -0.141. The van der Waals surface area contributed by atoms with Crippen LogP contribution in [0.2, 0.25) is 0 Å². The van der Waals surface area contributed by atoms with Crippen LogP contribution in [0, 0.1) is 5.92 Å². The number of amides is 5. The Bertz CT molecular complexity index is 1660. The fourth-order valence-corrected chi connectivity index (χ4v) is 5.79. The molecule has 1 aliphatic rings. The molecule has 0 saturated heterocycles. The molecule has 3 aromatic carbocycles. The van der Waals surface area contributed by atoms with Crippen LogP contribution in [0.4, 0.5) is 0 Å². The predicted molar refractivity (Wildman–Crippen MR) is 193 cm³/mol. The van der Waals surface area contributed by atoms with Gasteiger partial charge in [-0.25, -0.2) is 0 Å². The monoisotopic (exact) mass is 699 g/mol. The number of nitrogens with one attached hydrogen (secondary N) is 4. The summed E-state index contributed by atoms with van der Waals surface area (Å²) in [5.74, 6) is -1.91. The van der Waals surface area contributed by atoms with Crippen LogP contribution in [-0.2, 0) is 32.0 Å². The summed E-state index contributed by atoms with van der Waals surface area (Å²) in [6.07, 6.45) is 1.01. The summed E-state index contributed by atoms with van der Waals surface area (Å²) >= 11 is 0. The molecule has 3 aromatic rings. The van der Waals surface area contributed by atoms with E-state index in [1.165, 1.54) is 11.9 Å². The number of ether oxygens (including phenoxy) is 2. The predicted octanol–water partition coefficient (Wildman–Crippen LogP) is 3.04. The molecule has 0 spiro atoms. The fourth-order valence-electron chi connectivity index (χ4n) is 5.79. The SMILES string of the molecule is COc1cccc(CCCNC(=O)[C@@H]2CC(=O)N(C)[C@@H](Cc3ccccc3)C(=O)N[C@H](C(C)C)C(=O)N[C@@H](C)COc3ccccc3C(=O)N2)c1. The van der Waals surface area contributed by atoms with E-state index >= 15 is 0 Å². The zero-order valence-corrected chi connectivity index (χ0v) is 29.9. The number of carbonyl (C=O) groups is 5. The molecule has 0 radical (unpaired) electrons. The van der Waals surface area contributed by atoms with Crippen LogP contribution < -0.4 is 30.7 Å². The number of para-hydroxylation sites is 1. The number of rotatable bonds is 9. The van der Waals surface area contributed by atoms with Gasteiger partial charge in [0, 0.05) is 20.0 Å². The highest BCUT2D eigenvalue weighted by molar-refractivity contribution is 6.01. The normalized spacial score (nSPS) is 20.6. The summed E-state index contributed by atoms with van der Waals surface area (Å²) in [4.78, 5) is 70.0. The molecule has 1 heterocycles. The van der Waals surface area contributed by atoms with Crippen molar-refractivity contribution in [2.75, 3.05) is 27.3 Å². The highest BCUT2D eigenvalue weighted by Crippen LogP contribution is 2.20. The van der Waals surface area contributed by atoms with Crippen molar-refractivity contribution >= 4 is 29.5 Å². The van der Waals surface area contributed by atoms with Gasteiger partial charge in [0.1, 0.15) is 36.2 Å². The van der Waals surface area contributed by atoms with E-state index in [9.17, 15) is 24.0 Å². The topological polar surface area (TPSA) is 155 Å². The summed E-state index contributed by atoms with van der Waals surface area (Å²) in [5.41, 5.74) is 2.00. The Labute approximate surface area is 299 Å². The Morgan fingerprint density at radius 2 is 1.63 bits per heavy atom. The van der Waals surface area contributed by atoms with Crippen LogP contribution in [0.25, 0.3) is 0 Å². The Hall–Kier alpha value is -5.39. The first-order chi connectivity index (χ1) is 24.5. The third-order valence-corrected chi connectivity index (χ3v) is 8.77. The van der Waals surface area contributed by atoms with Crippen molar-refractivity contribution in [1.82, 2.24) is 26.2 Å². The maximum absolute atomic E-state index is 14.0. The molecule has 272 valence electrons. The van der Waals surface area contributed by atoms with E-state index in [1.54, 1.807) is 38.3 Å². The molecule has 51 heavy (non-hydrogen) atoms. The molecule has 0 aliphatic carbocycles. The van der Waals surface area contributed by atoms with Gasteiger partial charge in [-0.15, -0.1) is 0 Å². The van der Waals surface area contributed by atoms with Gasteiger partial charge in [-0.2, -0.15) is 0 Å². The minimum atomic E-state index is -1.26. The fraction of sp³-hybridized carbons (Fsp3) is 0.410. The van der Waals surface area contributed by atoms with Gasteiger partial charge in [0.25, 0.3) is 5.91 Å². The quantitative estimate of drug-likeness (QED) is 0.251. The van der Waals surface area contributed by atoms with E-state index in [0.717, 1.165) is 16.9 Å². The molecule has 4 rings (SSSR count). The summed E-state index contributed by atoms with van der Waals surface area (Å²) in [6.45, 7) is 5.73. The average molecular weight is 700 g/mol. The Morgan fingerprint density at radius 3 is 2.35 bits per heavy atom. The maximum atomic E-state index is 14.0. The van der Waals surface area contributed by atoms with E-state index < -0.39 is 60.1 Å². The first-order valence-electron chi connectivity index (χ1n) is 17.3. The summed E-state index contributed by atoms with van der Waals surface area (Å²) in [6, 6.07) is 19.8. The molecular formula is C39H49N5O7. The molecule has 0 saturated carbocycles. The van der Waals surface area contributed by atoms with Gasteiger partial charge in [0.05, 0.1) is 25.1 Å². The number of hydrogen-bond donors (Lipinski definition) is 4. The number of fused-ring (bicyclic) bond motifs is 1. The molecule has 5 amide bonds. The second kappa shape index (κ2) is 18.6. The van der Waals surface area contributed by atoms with Crippen LogP contribution in [-0.4, -0.2) is 85.9 Å². The van der Waals surface area contributed by atoms with Crippen LogP contribution in [0.15, 0.2) is 78.9 Å². The van der Waals surface area contributed by atoms with Gasteiger partial charge in [-0.3, -0.25) is 24.0 Å². The van der Waals surface area contributed by atoms with E-state index in [1.807, 2.05) is 68.4 Å². The zero-order chi connectivity index (χ0) is 36.9. The van der Waals surface area contributed by atoms with Crippen LogP contribution in [0.5, 0.6) is 11.5 Å².